The second-order valence-corrected chi connectivity index (χ2v) is 9.00. The maximum atomic E-state index is 2.36. The average molecular weight is 317 g/mol. The number of hydrogen-bond acceptors (Lipinski definition) is 0. The van der Waals surface area contributed by atoms with Gasteiger partial charge >= 0.3 is 0 Å². The summed E-state index contributed by atoms with van der Waals surface area (Å²) in [6, 6.07) is 0. The van der Waals surface area contributed by atoms with Crippen molar-refractivity contribution in [1.29, 1.82) is 0 Å². The van der Waals surface area contributed by atoms with Crippen molar-refractivity contribution in [1.82, 2.24) is 0 Å². The Morgan fingerprint density at radius 2 is 1.09 bits per heavy atom. The van der Waals surface area contributed by atoms with E-state index >= 15 is 0 Å². The number of hydrogen-bond donors (Lipinski definition) is 0. The third-order valence-corrected chi connectivity index (χ3v) is 7.67. The fourth-order valence-electron chi connectivity index (χ4n) is 6.14. The predicted molar refractivity (Wildman–Crippen MR) is 102 cm³/mol. The molecule has 0 bridgehead atoms. The molecule has 0 aromatic rings. The summed E-state index contributed by atoms with van der Waals surface area (Å²) in [6.45, 7) is 2.15. The molecule has 0 aromatic carbocycles. The second kappa shape index (κ2) is 9.28. The molecule has 0 aromatic heterocycles. The third kappa shape index (κ3) is 5.10. The van der Waals surface area contributed by atoms with Crippen LogP contribution in [-0.4, -0.2) is 0 Å². The SMILES string of the molecule is C/C=C/CCC1CCC(C2CCC(C3CCCCC3)CC2)CC1. The van der Waals surface area contributed by atoms with Crippen LogP contribution in [0.5, 0.6) is 0 Å². The molecular weight excluding hydrogens is 276 g/mol. The van der Waals surface area contributed by atoms with Crippen LogP contribution in [0.3, 0.4) is 0 Å². The molecule has 3 rings (SSSR count). The molecule has 0 saturated heterocycles. The van der Waals surface area contributed by atoms with Crippen LogP contribution in [0, 0.1) is 29.6 Å². The van der Waals surface area contributed by atoms with Gasteiger partial charge in [-0.05, 0) is 87.9 Å². The van der Waals surface area contributed by atoms with E-state index in [0.717, 1.165) is 29.6 Å². The Morgan fingerprint density at radius 1 is 0.609 bits per heavy atom. The first-order valence-corrected chi connectivity index (χ1v) is 11.0. The molecule has 0 aliphatic heterocycles. The Kier molecular flexibility index (Phi) is 7.09. The van der Waals surface area contributed by atoms with E-state index in [4.69, 9.17) is 0 Å². The van der Waals surface area contributed by atoms with Crippen molar-refractivity contribution < 1.29 is 0 Å². The minimum atomic E-state index is 1.04. The Morgan fingerprint density at radius 3 is 1.61 bits per heavy atom. The zero-order chi connectivity index (χ0) is 15.9. The van der Waals surface area contributed by atoms with Crippen molar-refractivity contribution in [2.75, 3.05) is 0 Å². The van der Waals surface area contributed by atoms with Crippen LogP contribution >= 0.6 is 0 Å². The van der Waals surface area contributed by atoms with Gasteiger partial charge in [0.25, 0.3) is 0 Å². The molecule has 0 heteroatoms. The van der Waals surface area contributed by atoms with Gasteiger partial charge < -0.3 is 0 Å². The zero-order valence-electron chi connectivity index (χ0n) is 15.6. The number of rotatable bonds is 5. The molecule has 0 amide bonds. The molecule has 3 saturated carbocycles. The fourth-order valence-corrected chi connectivity index (χ4v) is 6.14. The Balaban J connectivity index is 1.35. The first-order valence-electron chi connectivity index (χ1n) is 11.0. The summed E-state index contributed by atoms with van der Waals surface area (Å²) >= 11 is 0. The van der Waals surface area contributed by atoms with Gasteiger partial charge in [-0.1, -0.05) is 57.1 Å². The zero-order valence-corrected chi connectivity index (χ0v) is 15.6. The highest BCUT2D eigenvalue weighted by molar-refractivity contribution is 4.86. The normalized spacial score (nSPS) is 37.3. The van der Waals surface area contributed by atoms with Gasteiger partial charge in [0.2, 0.25) is 0 Å². The maximum Gasteiger partial charge on any atom is -0.0348 e. The first-order chi connectivity index (χ1) is 11.4. The topological polar surface area (TPSA) is 0 Å². The molecule has 0 N–H and O–H groups in total. The van der Waals surface area contributed by atoms with Crippen LogP contribution in [0.1, 0.15) is 103 Å². The van der Waals surface area contributed by atoms with Crippen LogP contribution in [-0.2, 0) is 0 Å². The minimum absolute atomic E-state index is 1.04. The van der Waals surface area contributed by atoms with Gasteiger partial charge in [-0.25, -0.2) is 0 Å². The molecule has 0 nitrogen and oxygen atoms in total. The predicted octanol–water partition coefficient (Wildman–Crippen LogP) is 7.54. The average Bonchev–Trinajstić information content (AvgIpc) is 2.63. The van der Waals surface area contributed by atoms with Crippen LogP contribution in [0.15, 0.2) is 12.2 Å². The summed E-state index contributed by atoms with van der Waals surface area (Å²) in [6.07, 6.45) is 27.5. The molecule has 132 valence electrons. The van der Waals surface area contributed by atoms with Gasteiger partial charge in [0.1, 0.15) is 0 Å². The molecule has 0 radical (unpaired) electrons. The van der Waals surface area contributed by atoms with Crippen LogP contribution in [0.4, 0.5) is 0 Å². The van der Waals surface area contributed by atoms with Crippen LogP contribution in [0.2, 0.25) is 0 Å². The van der Waals surface area contributed by atoms with Crippen molar-refractivity contribution in [2.24, 2.45) is 29.6 Å². The van der Waals surface area contributed by atoms with E-state index < -0.39 is 0 Å². The van der Waals surface area contributed by atoms with Gasteiger partial charge in [-0.3, -0.25) is 0 Å². The van der Waals surface area contributed by atoms with E-state index in [9.17, 15) is 0 Å². The maximum absolute atomic E-state index is 2.36. The summed E-state index contributed by atoms with van der Waals surface area (Å²) in [5.74, 6) is 5.48. The van der Waals surface area contributed by atoms with Gasteiger partial charge in [0.15, 0.2) is 0 Å². The van der Waals surface area contributed by atoms with Gasteiger partial charge in [-0.15, -0.1) is 0 Å². The molecule has 0 spiro atoms. The molecule has 0 heterocycles. The first kappa shape index (κ1) is 17.6. The highest BCUT2D eigenvalue weighted by Crippen LogP contribution is 2.45. The van der Waals surface area contributed by atoms with Crippen molar-refractivity contribution in [3.05, 3.63) is 12.2 Å². The van der Waals surface area contributed by atoms with E-state index in [1.807, 2.05) is 0 Å². The van der Waals surface area contributed by atoms with E-state index in [0.29, 0.717) is 0 Å². The lowest BCUT2D eigenvalue weighted by molar-refractivity contribution is 0.111. The van der Waals surface area contributed by atoms with Crippen LogP contribution < -0.4 is 0 Å². The lowest BCUT2D eigenvalue weighted by atomic mass is 9.65. The van der Waals surface area contributed by atoms with Crippen molar-refractivity contribution in [3.8, 4) is 0 Å². The van der Waals surface area contributed by atoms with Gasteiger partial charge in [0.05, 0.1) is 0 Å². The molecule has 3 aliphatic carbocycles. The molecule has 3 fully saturated rings. The van der Waals surface area contributed by atoms with Crippen molar-refractivity contribution >= 4 is 0 Å². The molecule has 3 aliphatic rings. The minimum Gasteiger partial charge on any atom is -0.0917 e. The summed E-state index contributed by atoms with van der Waals surface area (Å²) in [5, 5.41) is 0. The monoisotopic (exact) mass is 316 g/mol. The van der Waals surface area contributed by atoms with Crippen LogP contribution in [0.25, 0.3) is 0 Å². The van der Waals surface area contributed by atoms with E-state index in [2.05, 4.69) is 19.1 Å². The van der Waals surface area contributed by atoms with E-state index in [1.165, 1.54) is 44.9 Å². The molecule has 0 unspecified atom stereocenters. The molecule has 23 heavy (non-hydrogen) atoms. The van der Waals surface area contributed by atoms with E-state index in [1.54, 1.807) is 51.4 Å². The lowest BCUT2D eigenvalue weighted by Gasteiger charge is -2.40. The van der Waals surface area contributed by atoms with Gasteiger partial charge in [-0.2, -0.15) is 0 Å². The fraction of sp³-hybridized carbons (Fsp3) is 0.913. The molecular formula is C23H40. The highest BCUT2D eigenvalue weighted by Gasteiger charge is 2.33. The summed E-state index contributed by atoms with van der Waals surface area (Å²) in [7, 11) is 0. The lowest BCUT2D eigenvalue weighted by Crippen LogP contribution is -2.28. The Labute approximate surface area is 145 Å². The Hall–Kier alpha value is -0.260. The summed E-state index contributed by atoms with van der Waals surface area (Å²) < 4.78 is 0. The highest BCUT2D eigenvalue weighted by atomic mass is 14.4. The molecule has 0 atom stereocenters. The summed E-state index contributed by atoms with van der Waals surface area (Å²) in [4.78, 5) is 0. The quantitative estimate of drug-likeness (QED) is 0.460. The van der Waals surface area contributed by atoms with E-state index in [-0.39, 0.29) is 0 Å². The third-order valence-electron chi connectivity index (χ3n) is 7.67. The van der Waals surface area contributed by atoms with Gasteiger partial charge in [0, 0.05) is 0 Å². The largest absolute Gasteiger partial charge is 0.0917 e. The van der Waals surface area contributed by atoms with Crippen molar-refractivity contribution in [2.45, 2.75) is 103 Å². The second-order valence-electron chi connectivity index (χ2n) is 9.00. The summed E-state index contributed by atoms with van der Waals surface area (Å²) in [5.41, 5.74) is 0. The smallest absolute Gasteiger partial charge is 0.0348 e. The van der Waals surface area contributed by atoms with Crippen molar-refractivity contribution in [3.63, 3.8) is 0 Å². The standard InChI is InChI=1S/C23H40/c1-2-3-5-8-19-11-13-21(14-12-19)23-17-15-22(16-18-23)20-9-6-4-7-10-20/h2-3,19-23H,4-18H2,1H3/b3-2+. The Bertz CT molecular complexity index is 333. The number of allylic oxidation sites excluding steroid dienone is 2.